The van der Waals surface area contributed by atoms with E-state index in [1.807, 2.05) is 6.07 Å². The van der Waals surface area contributed by atoms with Gasteiger partial charge in [-0.3, -0.25) is 14.4 Å². The Labute approximate surface area is 215 Å². The van der Waals surface area contributed by atoms with Crippen LogP contribution in [0.25, 0.3) is 6.08 Å². The van der Waals surface area contributed by atoms with Crippen molar-refractivity contribution in [2.24, 2.45) is 0 Å². The number of nitrogens with one attached hydrogen (secondary N) is 1. The molecule has 0 unspecified atom stereocenters. The van der Waals surface area contributed by atoms with Gasteiger partial charge in [0.25, 0.3) is 17.1 Å². The fourth-order valence-corrected chi connectivity index (χ4v) is 4.49. The van der Waals surface area contributed by atoms with Gasteiger partial charge in [0, 0.05) is 10.7 Å². The fourth-order valence-electron chi connectivity index (χ4n) is 3.25. The number of hydrogen-bond donors (Lipinski definition) is 1. The first kappa shape index (κ1) is 24.7. The first-order valence-corrected chi connectivity index (χ1v) is 11.8. The molecule has 1 aliphatic heterocycles. The van der Waals surface area contributed by atoms with E-state index in [0.717, 1.165) is 16.7 Å². The lowest BCUT2D eigenvalue weighted by molar-refractivity contribution is -0.118. The first-order valence-electron chi connectivity index (χ1n) is 10.2. The maximum absolute atomic E-state index is 12.9. The summed E-state index contributed by atoms with van der Waals surface area (Å²) in [7, 11) is 1.43. The lowest BCUT2D eigenvalue weighted by atomic mass is 10.1. The highest BCUT2D eigenvalue weighted by Gasteiger charge is 2.36. The number of methoxy groups -OCH3 is 1. The number of carbonyl (C=O) groups excluding carboxylic acids is 3. The van der Waals surface area contributed by atoms with Crippen molar-refractivity contribution in [2.45, 2.75) is 0 Å². The number of benzene rings is 3. The van der Waals surface area contributed by atoms with E-state index in [1.165, 1.54) is 7.11 Å². The Hall–Kier alpha value is -3.46. The molecule has 0 saturated carbocycles. The van der Waals surface area contributed by atoms with Crippen LogP contribution in [0.2, 0.25) is 10.0 Å². The Morgan fingerprint density at radius 2 is 1.77 bits per heavy atom. The molecule has 1 fully saturated rings. The first-order chi connectivity index (χ1) is 16.9. The number of nitrogens with zero attached hydrogens (tertiary/aromatic N) is 1. The molecule has 0 aromatic heterocycles. The summed E-state index contributed by atoms with van der Waals surface area (Å²) in [4.78, 5) is 38.9. The number of ether oxygens (including phenoxy) is 2. The zero-order valence-electron chi connectivity index (χ0n) is 18.3. The van der Waals surface area contributed by atoms with E-state index in [1.54, 1.807) is 66.7 Å². The number of anilines is 2. The molecule has 35 heavy (non-hydrogen) atoms. The van der Waals surface area contributed by atoms with Crippen molar-refractivity contribution in [3.8, 4) is 11.5 Å². The van der Waals surface area contributed by atoms with E-state index in [4.69, 9.17) is 32.7 Å². The van der Waals surface area contributed by atoms with Crippen LogP contribution in [0.1, 0.15) is 5.56 Å². The highest BCUT2D eigenvalue weighted by molar-refractivity contribution is 8.19. The van der Waals surface area contributed by atoms with Crippen molar-refractivity contribution in [2.75, 3.05) is 23.9 Å². The largest absolute Gasteiger partial charge is 0.493 e. The zero-order chi connectivity index (χ0) is 24.9. The Bertz CT molecular complexity index is 1310. The minimum atomic E-state index is -0.463. The van der Waals surface area contributed by atoms with E-state index < -0.39 is 11.1 Å². The molecule has 0 aliphatic carbocycles. The molecule has 0 atom stereocenters. The van der Waals surface area contributed by atoms with Crippen LogP contribution < -0.4 is 19.7 Å². The molecule has 178 valence electrons. The number of amides is 3. The summed E-state index contributed by atoms with van der Waals surface area (Å²) in [6.07, 6.45) is 1.54. The van der Waals surface area contributed by atoms with Gasteiger partial charge < -0.3 is 14.8 Å². The van der Waals surface area contributed by atoms with Gasteiger partial charge in [0.05, 0.1) is 22.7 Å². The standard InChI is InChI=1S/C25H18Cl2N2O5S/c1-33-20-12-15(11-19(27)23(20)34-14-22(30)28-17-5-3-2-4-6-17)13-21-24(31)29(25(32)35-21)18-9-7-16(26)8-10-18/h2-13H,14H2,1H3,(H,28,30)/b21-13+. The Balaban J connectivity index is 1.50. The van der Waals surface area contributed by atoms with Crippen LogP contribution in [0.4, 0.5) is 16.2 Å². The maximum Gasteiger partial charge on any atom is 0.298 e. The number of para-hydroxylation sites is 1. The molecule has 10 heteroatoms. The average Bonchev–Trinajstić information content (AvgIpc) is 3.11. The number of halogens is 2. The van der Waals surface area contributed by atoms with E-state index in [-0.39, 0.29) is 33.9 Å². The normalized spacial score (nSPS) is 14.4. The number of carbonyl (C=O) groups is 3. The molecule has 1 aliphatic rings. The lowest BCUT2D eigenvalue weighted by Gasteiger charge is -2.14. The summed E-state index contributed by atoms with van der Waals surface area (Å²) in [5.41, 5.74) is 1.59. The molecule has 1 N–H and O–H groups in total. The highest BCUT2D eigenvalue weighted by atomic mass is 35.5. The summed E-state index contributed by atoms with van der Waals surface area (Å²) in [6.45, 7) is -0.287. The second-order valence-corrected chi connectivity index (χ2v) is 9.07. The third kappa shape index (κ3) is 5.79. The number of rotatable bonds is 7. The topological polar surface area (TPSA) is 84.9 Å². The minimum absolute atomic E-state index is 0.181. The molecule has 0 radical (unpaired) electrons. The number of hydrogen-bond acceptors (Lipinski definition) is 6. The van der Waals surface area contributed by atoms with Crippen molar-refractivity contribution < 1.29 is 23.9 Å². The Morgan fingerprint density at radius 3 is 2.46 bits per heavy atom. The van der Waals surface area contributed by atoms with Gasteiger partial charge in [-0.2, -0.15) is 0 Å². The van der Waals surface area contributed by atoms with E-state index in [9.17, 15) is 14.4 Å². The molecular weight excluding hydrogens is 511 g/mol. The quantitative estimate of drug-likeness (QED) is 0.364. The van der Waals surface area contributed by atoms with Gasteiger partial charge in [0.1, 0.15) is 0 Å². The van der Waals surface area contributed by atoms with E-state index in [0.29, 0.717) is 22.0 Å². The molecule has 3 aromatic carbocycles. The highest BCUT2D eigenvalue weighted by Crippen LogP contribution is 2.40. The van der Waals surface area contributed by atoms with Crippen molar-refractivity contribution in [3.63, 3.8) is 0 Å². The molecule has 1 heterocycles. The van der Waals surface area contributed by atoms with Gasteiger partial charge in [-0.05, 0) is 71.9 Å². The number of imide groups is 1. The molecule has 1 saturated heterocycles. The Kier molecular flexibility index (Phi) is 7.65. The average molecular weight is 529 g/mol. The van der Waals surface area contributed by atoms with Gasteiger partial charge in [-0.25, -0.2) is 4.90 Å². The Morgan fingerprint density at radius 1 is 1.06 bits per heavy atom. The maximum atomic E-state index is 12.9. The second-order valence-electron chi connectivity index (χ2n) is 7.23. The molecule has 3 amide bonds. The summed E-state index contributed by atoms with van der Waals surface area (Å²) >= 11 is 13.1. The summed E-state index contributed by atoms with van der Waals surface area (Å²) in [5.74, 6) is -0.374. The molecular formula is C25H18Cl2N2O5S. The molecule has 3 aromatic rings. The van der Waals surface area contributed by atoms with Crippen LogP contribution in [0.15, 0.2) is 71.6 Å². The smallest absolute Gasteiger partial charge is 0.298 e. The van der Waals surface area contributed by atoms with E-state index in [2.05, 4.69) is 5.32 Å². The monoisotopic (exact) mass is 528 g/mol. The van der Waals surface area contributed by atoms with Crippen LogP contribution >= 0.6 is 35.0 Å². The zero-order valence-corrected chi connectivity index (χ0v) is 20.6. The van der Waals surface area contributed by atoms with Crippen LogP contribution in [0.5, 0.6) is 11.5 Å². The van der Waals surface area contributed by atoms with Crippen LogP contribution in [0, 0.1) is 0 Å². The van der Waals surface area contributed by atoms with Crippen molar-refractivity contribution in [1.82, 2.24) is 0 Å². The van der Waals surface area contributed by atoms with Crippen molar-refractivity contribution >= 4 is 69.5 Å². The molecule has 7 nitrogen and oxygen atoms in total. The summed E-state index contributed by atoms with van der Waals surface area (Å²) in [5, 5.41) is 2.97. The van der Waals surface area contributed by atoms with Gasteiger partial charge in [-0.15, -0.1) is 0 Å². The molecule has 0 spiro atoms. The predicted octanol–water partition coefficient (Wildman–Crippen LogP) is 6.26. The summed E-state index contributed by atoms with van der Waals surface area (Å²) < 4.78 is 11.0. The van der Waals surface area contributed by atoms with Crippen LogP contribution in [-0.2, 0) is 9.59 Å². The van der Waals surface area contributed by atoms with E-state index >= 15 is 0 Å². The third-order valence-corrected chi connectivity index (χ3v) is 6.24. The fraction of sp³-hybridized carbons (Fsp3) is 0.0800. The van der Waals surface area contributed by atoms with Gasteiger partial charge >= 0.3 is 0 Å². The predicted molar refractivity (Wildman–Crippen MR) is 138 cm³/mol. The second kappa shape index (κ2) is 10.9. The number of thioether (sulfide) groups is 1. The summed E-state index contributed by atoms with van der Waals surface area (Å²) in [6, 6.07) is 18.5. The van der Waals surface area contributed by atoms with Crippen molar-refractivity contribution in [3.05, 3.63) is 87.2 Å². The third-order valence-electron chi connectivity index (χ3n) is 4.83. The van der Waals surface area contributed by atoms with Gasteiger partial charge in [0.15, 0.2) is 18.1 Å². The SMILES string of the molecule is COc1cc(/C=C2/SC(=O)N(c3ccc(Cl)cc3)C2=O)cc(Cl)c1OCC(=O)Nc1ccccc1. The van der Waals surface area contributed by atoms with Crippen molar-refractivity contribution in [1.29, 1.82) is 0 Å². The van der Waals surface area contributed by atoms with Crippen LogP contribution in [0.3, 0.4) is 0 Å². The van der Waals surface area contributed by atoms with Crippen LogP contribution in [-0.4, -0.2) is 30.8 Å². The minimum Gasteiger partial charge on any atom is -0.493 e. The molecule has 0 bridgehead atoms. The van der Waals surface area contributed by atoms with Gasteiger partial charge in [0.2, 0.25) is 0 Å². The lowest BCUT2D eigenvalue weighted by Crippen LogP contribution is -2.27. The molecule has 4 rings (SSSR count). The van der Waals surface area contributed by atoms with Gasteiger partial charge in [-0.1, -0.05) is 41.4 Å².